The summed E-state index contributed by atoms with van der Waals surface area (Å²) in [6.07, 6.45) is 0. The van der Waals surface area contributed by atoms with Gasteiger partial charge >= 0.3 is 0 Å². The highest BCUT2D eigenvalue weighted by atomic mass is 15.2. The first-order chi connectivity index (χ1) is 44.4. The molecule has 18 rings (SSSR count). The Morgan fingerprint density at radius 3 is 1.24 bits per heavy atom. The Labute approximate surface area is 521 Å². The van der Waals surface area contributed by atoms with Crippen molar-refractivity contribution in [3.05, 3.63) is 321 Å². The highest BCUT2D eigenvalue weighted by molar-refractivity contribution is 6.14. The molecule has 422 valence electrons. The van der Waals surface area contributed by atoms with Gasteiger partial charge in [0.1, 0.15) is 0 Å². The minimum absolute atomic E-state index is 0.206. The highest BCUT2D eigenvalue weighted by Gasteiger charge is 2.36. The summed E-state index contributed by atoms with van der Waals surface area (Å²) >= 11 is 0. The van der Waals surface area contributed by atoms with Crippen molar-refractivity contribution in [1.29, 1.82) is 0 Å². The molecule has 1 aliphatic rings. The van der Waals surface area contributed by atoms with Gasteiger partial charge in [0.2, 0.25) is 5.95 Å². The summed E-state index contributed by atoms with van der Waals surface area (Å²) < 4.78 is 7.11. The number of benzene rings is 13. The quantitative estimate of drug-likeness (QED) is 0.145. The number of hydrogen-bond donors (Lipinski definition) is 0. The molecule has 13 aromatic carbocycles. The Bertz CT molecular complexity index is 5690. The van der Waals surface area contributed by atoms with Crippen LogP contribution in [0, 0.1) is 0 Å². The van der Waals surface area contributed by atoms with Crippen molar-refractivity contribution in [2.75, 3.05) is 0 Å². The van der Waals surface area contributed by atoms with Gasteiger partial charge in [0, 0.05) is 60.2 Å². The smallest absolute Gasteiger partial charge is 0.235 e. The van der Waals surface area contributed by atoms with Gasteiger partial charge in [0.15, 0.2) is 0 Å². The van der Waals surface area contributed by atoms with Crippen molar-refractivity contribution in [2.45, 2.75) is 19.3 Å². The normalized spacial score (nSPS) is 12.6. The van der Waals surface area contributed by atoms with Crippen molar-refractivity contribution < 1.29 is 0 Å². The maximum Gasteiger partial charge on any atom is 0.235 e. The zero-order valence-corrected chi connectivity index (χ0v) is 49.7. The molecule has 4 aromatic heterocycles. The van der Waals surface area contributed by atoms with Gasteiger partial charge in [-0.1, -0.05) is 214 Å². The Balaban J connectivity index is 0.809. The predicted octanol–water partition coefficient (Wildman–Crippen LogP) is 22.1. The molecule has 0 radical (unpaired) electrons. The van der Waals surface area contributed by atoms with E-state index in [0.29, 0.717) is 5.95 Å². The molecule has 0 atom stereocenters. The SMILES string of the molecule is CC1(C)c2ccccc2-c2cc3c4ccccc4n(-c4nc(-c5cccc(-c6cc(-c7ccccc7)cc(-c7ccccc7)c6)c5)cc(-c5cccc(-n6c7ccccc7c7cc(-c8ccc9c(c8)c8ccccc8n9-c8ccccc8)ccc76)c5)n4)c3cc21. The zero-order chi connectivity index (χ0) is 59.6. The van der Waals surface area contributed by atoms with Crippen molar-refractivity contribution in [3.63, 3.8) is 0 Å². The first-order valence-electron chi connectivity index (χ1n) is 31.0. The topological polar surface area (TPSA) is 40.6 Å². The van der Waals surface area contributed by atoms with E-state index in [-0.39, 0.29) is 5.41 Å². The fourth-order valence-corrected chi connectivity index (χ4v) is 14.7. The lowest BCUT2D eigenvalue weighted by molar-refractivity contribution is 0.661. The average molecular weight is 1150 g/mol. The molecule has 0 bridgehead atoms. The van der Waals surface area contributed by atoms with E-state index < -0.39 is 0 Å². The molecule has 0 N–H and O–H groups in total. The van der Waals surface area contributed by atoms with Crippen molar-refractivity contribution in [3.8, 4) is 95.5 Å². The fraction of sp³-hybridized carbons (Fsp3) is 0.0353. The summed E-state index contributed by atoms with van der Waals surface area (Å²) in [5.41, 5.74) is 26.9. The molecule has 0 fully saturated rings. The van der Waals surface area contributed by atoms with Crippen LogP contribution in [-0.4, -0.2) is 23.7 Å². The number of rotatable bonds is 9. The third-order valence-corrected chi connectivity index (χ3v) is 19.0. The Morgan fingerprint density at radius 2 is 0.644 bits per heavy atom. The van der Waals surface area contributed by atoms with E-state index in [1.807, 2.05) is 0 Å². The summed E-state index contributed by atoms with van der Waals surface area (Å²) in [4.78, 5) is 11.4. The van der Waals surface area contributed by atoms with Gasteiger partial charge < -0.3 is 9.13 Å². The van der Waals surface area contributed by atoms with E-state index in [0.717, 1.165) is 83.6 Å². The molecule has 5 nitrogen and oxygen atoms in total. The predicted molar refractivity (Wildman–Crippen MR) is 375 cm³/mol. The van der Waals surface area contributed by atoms with E-state index in [4.69, 9.17) is 9.97 Å². The minimum atomic E-state index is -0.206. The van der Waals surface area contributed by atoms with Crippen LogP contribution in [0.25, 0.3) is 161 Å². The lowest BCUT2D eigenvalue weighted by Crippen LogP contribution is -2.15. The van der Waals surface area contributed by atoms with Crippen LogP contribution in [0.3, 0.4) is 0 Å². The average Bonchev–Trinajstić information content (AvgIpc) is 1.59. The van der Waals surface area contributed by atoms with Crippen LogP contribution in [-0.2, 0) is 5.41 Å². The monoisotopic (exact) mass is 1150 g/mol. The van der Waals surface area contributed by atoms with Gasteiger partial charge in [-0.3, -0.25) is 4.57 Å². The van der Waals surface area contributed by atoms with Crippen LogP contribution in [0.2, 0.25) is 0 Å². The number of nitrogens with zero attached hydrogens (tertiary/aromatic N) is 5. The van der Waals surface area contributed by atoms with Crippen LogP contribution in [0.15, 0.2) is 309 Å². The summed E-state index contributed by atoms with van der Waals surface area (Å²) in [5.74, 6) is 0.613. The van der Waals surface area contributed by atoms with E-state index in [9.17, 15) is 0 Å². The minimum Gasteiger partial charge on any atom is -0.309 e. The van der Waals surface area contributed by atoms with Gasteiger partial charge in [-0.2, -0.15) is 0 Å². The first-order valence-corrected chi connectivity index (χ1v) is 31.0. The van der Waals surface area contributed by atoms with Crippen LogP contribution in [0.4, 0.5) is 0 Å². The molecule has 0 spiro atoms. The van der Waals surface area contributed by atoms with E-state index in [2.05, 4.69) is 337 Å². The number of para-hydroxylation sites is 4. The van der Waals surface area contributed by atoms with Gasteiger partial charge in [-0.25, -0.2) is 9.97 Å². The largest absolute Gasteiger partial charge is 0.309 e. The van der Waals surface area contributed by atoms with Crippen LogP contribution in [0.1, 0.15) is 25.0 Å². The summed E-state index contributed by atoms with van der Waals surface area (Å²) in [6.45, 7) is 4.71. The molecule has 17 aromatic rings. The third kappa shape index (κ3) is 8.17. The summed E-state index contributed by atoms with van der Waals surface area (Å²) in [7, 11) is 0. The van der Waals surface area contributed by atoms with Gasteiger partial charge in [0.25, 0.3) is 0 Å². The highest BCUT2D eigenvalue weighted by Crippen LogP contribution is 2.51. The van der Waals surface area contributed by atoms with Crippen LogP contribution in [0.5, 0.6) is 0 Å². The molecule has 1 aliphatic carbocycles. The lowest BCUT2D eigenvalue weighted by atomic mass is 9.82. The van der Waals surface area contributed by atoms with Crippen molar-refractivity contribution in [2.24, 2.45) is 0 Å². The van der Waals surface area contributed by atoms with Crippen molar-refractivity contribution in [1.82, 2.24) is 23.7 Å². The molecule has 0 amide bonds. The maximum absolute atomic E-state index is 5.70. The molecule has 0 saturated carbocycles. The second-order valence-corrected chi connectivity index (χ2v) is 24.5. The molecule has 4 heterocycles. The second-order valence-electron chi connectivity index (χ2n) is 24.5. The van der Waals surface area contributed by atoms with Gasteiger partial charge in [-0.05, 0) is 176 Å². The summed E-state index contributed by atoms with van der Waals surface area (Å²) in [5, 5.41) is 7.20. The number of aromatic nitrogens is 5. The third-order valence-electron chi connectivity index (χ3n) is 19.0. The van der Waals surface area contributed by atoms with Crippen LogP contribution >= 0.6 is 0 Å². The first kappa shape index (κ1) is 51.6. The van der Waals surface area contributed by atoms with Gasteiger partial charge in [0.05, 0.1) is 44.5 Å². The Morgan fingerprint density at radius 1 is 0.233 bits per heavy atom. The molecular weight excluding hydrogens is 1090 g/mol. The maximum atomic E-state index is 5.70. The molecule has 0 aliphatic heterocycles. The standard InChI is InChI=1S/C85H57N5/c1-85(2)74-36-16-12-32-66(74)70-51-73-69-35-15-19-39-80(69)90(83(73)52-75(70)85)84-86-76(59-27-20-26-56(44-59)63-46-61(54-22-6-3-7-23-54)45-62(47-63)55-24-8-4-9-25-55)53-77(87-84)60-28-21-31-65(48-60)89-79-38-18-14-34-68(79)72-50-58(41-43-82(72)89)57-40-42-81-71(49-57)67-33-13-17-37-78(67)88(81)64-29-10-5-11-30-64/h3-53H,1-2H3. The van der Waals surface area contributed by atoms with E-state index in [1.165, 1.54) is 82.5 Å². The molecule has 90 heavy (non-hydrogen) atoms. The van der Waals surface area contributed by atoms with Gasteiger partial charge in [-0.15, -0.1) is 0 Å². The molecule has 0 saturated heterocycles. The second kappa shape index (κ2) is 20.2. The number of hydrogen-bond acceptors (Lipinski definition) is 2. The molecule has 0 unspecified atom stereocenters. The molecule has 5 heteroatoms. The van der Waals surface area contributed by atoms with Crippen molar-refractivity contribution >= 4 is 65.4 Å². The van der Waals surface area contributed by atoms with Crippen LogP contribution < -0.4 is 0 Å². The Kier molecular flexibility index (Phi) is 11.6. The molecular formula is C85H57N5. The zero-order valence-electron chi connectivity index (χ0n) is 49.7. The van der Waals surface area contributed by atoms with E-state index >= 15 is 0 Å². The fourth-order valence-electron chi connectivity index (χ4n) is 14.7. The lowest BCUT2D eigenvalue weighted by Gasteiger charge is -2.21. The summed E-state index contributed by atoms with van der Waals surface area (Å²) in [6, 6.07) is 113. The number of fused-ring (bicyclic) bond motifs is 12. The van der Waals surface area contributed by atoms with E-state index in [1.54, 1.807) is 0 Å². The Hall–Kier alpha value is -11.7.